The average molecular weight is 577 g/mol. The second kappa shape index (κ2) is 12.7. The molecule has 1 saturated heterocycles. The fourth-order valence-corrected chi connectivity index (χ4v) is 3.95. The third-order valence-electron chi connectivity index (χ3n) is 4.47. The molecule has 0 saturated carbocycles. The summed E-state index contributed by atoms with van der Waals surface area (Å²) in [6.07, 6.45) is 2.51. The van der Waals surface area contributed by atoms with Crippen molar-refractivity contribution in [2.45, 2.75) is 0 Å². The number of carbonyl (C=O) groups is 3. The van der Waals surface area contributed by atoms with E-state index in [4.69, 9.17) is 14.2 Å². The van der Waals surface area contributed by atoms with Crippen LogP contribution < -0.4 is 24.8 Å². The van der Waals surface area contributed by atoms with Crippen molar-refractivity contribution in [2.24, 2.45) is 10.2 Å². The van der Waals surface area contributed by atoms with Crippen molar-refractivity contribution in [2.75, 3.05) is 33.3 Å². The van der Waals surface area contributed by atoms with Gasteiger partial charge in [0.15, 0.2) is 23.3 Å². The van der Waals surface area contributed by atoms with Crippen molar-refractivity contribution in [1.29, 1.82) is 0 Å². The fraction of sp³-hybridized carbons (Fsp3) is 0.174. The third-order valence-corrected chi connectivity index (χ3v) is 6.06. The first-order valence-corrected chi connectivity index (χ1v) is 11.8. The first-order valence-electron chi connectivity index (χ1n) is 10.2. The van der Waals surface area contributed by atoms with Gasteiger partial charge in [-0.3, -0.25) is 14.9 Å². The van der Waals surface area contributed by atoms with Gasteiger partial charge in [0.2, 0.25) is 0 Å². The van der Waals surface area contributed by atoms with Gasteiger partial charge in [-0.15, -0.1) is 5.10 Å². The maximum absolute atomic E-state index is 12.4. The molecule has 0 radical (unpaired) electrons. The van der Waals surface area contributed by atoms with Crippen molar-refractivity contribution < 1.29 is 33.3 Å². The Labute approximate surface area is 219 Å². The number of methoxy groups -OCH3 is 3. The number of para-hydroxylation sites is 2. The number of nitrogens with zero attached hydrogens (tertiary/aromatic N) is 2. The maximum Gasteiger partial charge on any atom is 0.331 e. The molecule has 0 unspecified atom stereocenters. The van der Waals surface area contributed by atoms with Gasteiger partial charge in [0.1, 0.15) is 5.75 Å². The number of hydrogen-bond donors (Lipinski definition) is 2. The van der Waals surface area contributed by atoms with Gasteiger partial charge >= 0.3 is 5.97 Å². The van der Waals surface area contributed by atoms with E-state index in [1.807, 2.05) is 0 Å². The summed E-state index contributed by atoms with van der Waals surface area (Å²) >= 11 is 4.39. The van der Waals surface area contributed by atoms with Crippen LogP contribution in [0, 0.1) is 0 Å². The van der Waals surface area contributed by atoms with Crippen LogP contribution in [0.15, 0.2) is 62.1 Å². The lowest BCUT2D eigenvalue weighted by atomic mass is 10.2. The quantitative estimate of drug-likeness (QED) is 0.201. The summed E-state index contributed by atoms with van der Waals surface area (Å²) in [7, 11) is 4.20. The molecule has 0 spiro atoms. The van der Waals surface area contributed by atoms with Crippen LogP contribution in [0.3, 0.4) is 0 Å². The first kappa shape index (κ1) is 26.8. The highest BCUT2D eigenvalue weighted by Gasteiger charge is 2.25. The summed E-state index contributed by atoms with van der Waals surface area (Å²) in [6, 6.07) is 10.3. The molecule has 11 nitrogen and oxygen atoms in total. The summed E-state index contributed by atoms with van der Waals surface area (Å²) in [5.41, 5.74) is 1.13. The topological polar surface area (TPSA) is 137 Å². The second-order valence-electron chi connectivity index (χ2n) is 6.80. The third kappa shape index (κ3) is 7.09. The van der Waals surface area contributed by atoms with Gasteiger partial charge in [-0.1, -0.05) is 12.1 Å². The lowest BCUT2D eigenvalue weighted by molar-refractivity contribution is -0.135. The molecule has 2 aromatic rings. The number of carbonyl (C=O) groups excluding carboxylic acids is 3. The highest BCUT2D eigenvalue weighted by Crippen LogP contribution is 2.33. The number of anilines is 1. The van der Waals surface area contributed by atoms with E-state index < -0.39 is 11.9 Å². The van der Waals surface area contributed by atoms with Crippen molar-refractivity contribution in [1.82, 2.24) is 5.32 Å². The predicted molar refractivity (Wildman–Crippen MR) is 139 cm³/mol. The number of rotatable bonds is 9. The van der Waals surface area contributed by atoms with Crippen LogP contribution in [-0.4, -0.2) is 57.1 Å². The van der Waals surface area contributed by atoms with Crippen LogP contribution in [0.4, 0.5) is 5.69 Å². The molecule has 2 aromatic carbocycles. The molecular formula is C23H21BrN4O7S. The molecule has 1 aliphatic rings. The van der Waals surface area contributed by atoms with Gasteiger partial charge in [0.05, 0.1) is 38.1 Å². The number of thioether (sulfide) groups is 1. The molecule has 0 aliphatic carbocycles. The van der Waals surface area contributed by atoms with E-state index in [9.17, 15) is 14.4 Å². The van der Waals surface area contributed by atoms with E-state index in [0.29, 0.717) is 33.0 Å². The summed E-state index contributed by atoms with van der Waals surface area (Å²) in [6.45, 7) is -0.264. The zero-order chi connectivity index (χ0) is 26.1. The van der Waals surface area contributed by atoms with E-state index in [2.05, 4.69) is 41.5 Å². The van der Waals surface area contributed by atoms with Crippen molar-refractivity contribution >= 4 is 62.5 Å². The zero-order valence-corrected chi connectivity index (χ0v) is 21.8. The maximum atomic E-state index is 12.4. The van der Waals surface area contributed by atoms with E-state index >= 15 is 0 Å². The Morgan fingerprint density at radius 3 is 2.58 bits per heavy atom. The van der Waals surface area contributed by atoms with Crippen LogP contribution in [0.1, 0.15) is 5.56 Å². The summed E-state index contributed by atoms with van der Waals surface area (Å²) in [4.78, 5) is 35.7. The van der Waals surface area contributed by atoms with Gasteiger partial charge in [-0.25, -0.2) is 4.79 Å². The Morgan fingerprint density at radius 2 is 1.86 bits per heavy atom. The zero-order valence-electron chi connectivity index (χ0n) is 19.4. The molecule has 13 heteroatoms. The smallest absolute Gasteiger partial charge is 0.331 e. The normalized spacial score (nSPS) is 15.2. The van der Waals surface area contributed by atoms with Crippen molar-refractivity contribution in [3.63, 3.8) is 0 Å². The van der Waals surface area contributed by atoms with E-state index in [0.717, 1.165) is 17.8 Å². The van der Waals surface area contributed by atoms with Gasteiger partial charge in [-0.05, 0) is 52.0 Å². The monoisotopic (exact) mass is 576 g/mol. The molecule has 1 fully saturated rings. The molecular weight excluding hydrogens is 556 g/mol. The number of amidine groups is 1. The highest BCUT2D eigenvalue weighted by atomic mass is 79.9. The number of amides is 2. The summed E-state index contributed by atoms with van der Waals surface area (Å²) < 4.78 is 21.4. The molecule has 188 valence electrons. The predicted octanol–water partition coefficient (Wildman–Crippen LogP) is 3.09. The Kier molecular flexibility index (Phi) is 9.47. The standard InChI is InChI=1S/C23H21BrN4O7S/c1-32-16-7-5-4-6-15(16)26-20(29)12-35-18-9-14(24)13(8-17(18)33-2)11-25-28-23-27-22(31)19(36-23)10-21(30)34-3/h4-11H,12H2,1-3H3,(H,26,29)(H,27,28,31)/b19-10+,25-11?. The van der Waals surface area contributed by atoms with Gasteiger partial charge in [0.25, 0.3) is 11.8 Å². The molecule has 1 heterocycles. The second-order valence-corrected chi connectivity index (χ2v) is 8.68. The minimum atomic E-state index is -0.645. The lowest BCUT2D eigenvalue weighted by Crippen LogP contribution is -2.20. The number of halogens is 1. The lowest BCUT2D eigenvalue weighted by Gasteiger charge is -2.13. The van der Waals surface area contributed by atoms with E-state index in [1.165, 1.54) is 27.5 Å². The molecule has 1 aliphatic heterocycles. The van der Waals surface area contributed by atoms with E-state index in [1.54, 1.807) is 36.4 Å². The Hall–Kier alpha value is -3.84. The fourth-order valence-electron chi connectivity index (χ4n) is 2.78. The van der Waals surface area contributed by atoms with Crippen molar-refractivity contribution in [3.8, 4) is 17.2 Å². The van der Waals surface area contributed by atoms with Gasteiger partial charge in [0, 0.05) is 16.1 Å². The molecule has 3 rings (SSSR count). The molecule has 0 atom stereocenters. The highest BCUT2D eigenvalue weighted by molar-refractivity contribution is 9.10. The number of esters is 1. The number of hydrogen-bond acceptors (Lipinski definition) is 10. The van der Waals surface area contributed by atoms with Crippen LogP contribution in [-0.2, 0) is 19.1 Å². The van der Waals surface area contributed by atoms with Crippen LogP contribution in [0.25, 0.3) is 0 Å². The van der Waals surface area contributed by atoms with Crippen LogP contribution >= 0.6 is 27.7 Å². The van der Waals surface area contributed by atoms with Gasteiger partial charge < -0.3 is 24.3 Å². The minimum Gasteiger partial charge on any atom is -0.495 e. The number of ether oxygens (including phenoxy) is 4. The Morgan fingerprint density at radius 1 is 1.11 bits per heavy atom. The number of nitrogens with one attached hydrogen (secondary N) is 2. The molecule has 0 bridgehead atoms. The average Bonchev–Trinajstić information content (AvgIpc) is 3.22. The first-order chi connectivity index (χ1) is 17.3. The molecule has 2 N–H and O–H groups in total. The number of benzene rings is 2. The SMILES string of the molecule is COC(=O)/C=C1/S/C(=N\N=Cc2cc(OC)c(OCC(=O)Nc3ccccc3OC)cc2Br)NC1=O. The minimum absolute atomic E-state index is 0.148. The molecule has 2 amide bonds. The molecule has 36 heavy (non-hydrogen) atoms. The Bertz CT molecular complexity index is 1260. The largest absolute Gasteiger partial charge is 0.495 e. The summed E-state index contributed by atoms with van der Waals surface area (Å²) in [5, 5.41) is 13.4. The van der Waals surface area contributed by atoms with Crippen LogP contribution in [0.2, 0.25) is 0 Å². The van der Waals surface area contributed by atoms with E-state index in [-0.39, 0.29) is 22.6 Å². The van der Waals surface area contributed by atoms with Crippen molar-refractivity contribution in [3.05, 3.63) is 57.4 Å². The summed E-state index contributed by atoms with van der Waals surface area (Å²) in [5.74, 6) is -0.268. The molecule has 0 aromatic heterocycles. The Balaban J connectivity index is 1.66. The van der Waals surface area contributed by atoms with Gasteiger partial charge in [-0.2, -0.15) is 5.10 Å². The van der Waals surface area contributed by atoms with Crippen LogP contribution in [0.5, 0.6) is 17.2 Å².